The summed E-state index contributed by atoms with van der Waals surface area (Å²) < 4.78 is 17.3. The summed E-state index contributed by atoms with van der Waals surface area (Å²) in [6.45, 7) is 6.94. The maximum absolute atomic E-state index is 12.7. The van der Waals surface area contributed by atoms with E-state index in [1.54, 1.807) is 12.1 Å². The van der Waals surface area contributed by atoms with Gasteiger partial charge in [-0.3, -0.25) is 0 Å². The lowest BCUT2D eigenvalue weighted by Crippen LogP contribution is -2.33. The van der Waals surface area contributed by atoms with E-state index in [2.05, 4.69) is 20.9 Å². The molecule has 36 heavy (non-hydrogen) atoms. The SMILES string of the molecule is COC(=O)c1ccc(OCc2ccccc2)c2c1CN(c1ccc(Br)c(C(=O)OC(C)(C)C)n1)CC2. The van der Waals surface area contributed by atoms with E-state index in [9.17, 15) is 9.59 Å². The van der Waals surface area contributed by atoms with Crippen molar-refractivity contribution in [1.82, 2.24) is 4.98 Å². The molecule has 3 aromatic rings. The van der Waals surface area contributed by atoms with Crippen LogP contribution in [-0.4, -0.2) is 36.2 Å². The van der Waals surface area contributed by atoms with Gasteiger partial charge in [-0.05, 0) is 78.5 Å². The quantitative estimate of drug-likeness (QED) is 0.361. The van der Waals surface area contributed by atoms with Crippen molar-refractivity contribution >= 4 is 33.7 Å². The van der Waals surface area contributed by atoms with E-state index in [0.29, 0.717) is 42.0 Å². The summed E-state index contributed by atoms with van der Waals surface area (Å²) in [5.74, 6) is 0.469. The van der Waals surface area contributed by atoms with Crippen LogP contribution in [0.15, 0.2) is 59.1 Å². The topological polar surface area (TPSA) is 78.0 Å². The Morgan fingerprint density at radius 2 is 1.75 bits per heavy atom. The molecule has 4 rings (SSSR count). The first-order valence-electron chi connectivity index (χ1n) is 11.7. The Balaban J connectivity index is 1.64. The van der Waals surface area contributed by atoms with Gasteiger partial charge in [0.25, 0.3) is 0 Å². The molecule has 8 heteroatoms. The molecule has 0 bridgehead atoms. The van der Waals surface area contributed by atoms with Crippen molar-refractivity contribution in [2.45, 2.75) is 45.9 Å². The van der Waals surface area contributed by atoms with Crippen molar-refractivity contribution in [1.29, 1.82) is 0 Å². The van der Waals surface area contributed by atoms with Crippen molar-refractivity contribution in [3.05, 3.63) is 87.0 Å². The van der Waals surface area contributed by atoms with Crippen molar-refractivity contribution < 1.29 is 23.8 Å². The first kappa shape index (κ1) is 25.7. The molecule has 1 aliphatic heterocycles. The molecule has 0 saturated carbocycles. The van der Waals surface area contributed by atoms with Crippen LogP contribution >= 0.6 is 15.9 Å². The fourth-order valence-electron chi connectivity index (χ4n) is 4.09. The van der Waals surface area contributed by atoms with Crippen LogP contribution in [-0.2, 0) is 29.0 Å². The van der Waals surface area contributed by atoms with Gasteiger partial charge in [0.2, 0.25) is 0 Å². The minimum absolute atomic E-state index is 0.210. The summed E-state index contributed by atoms with van der Waals surface area (Å²) in [5, 5.41) is 0. The van der Waals surface area contributed by atoms with Crippen molar-refractivity contribution in [3.63, 3.8) is 0 Å². The Morgan fingerprint density at radius 1 is 1.00 bits per heavy atom. The molecule has 188 valence electrons. The number of aromatic nitrogens is 1. The fraction of sp³-hybridized carbons (Fsp3) is 0.321. The number of nitrogens with zero attached hydrogens (tertiary/aromatic N) is 2. The van der Waals surface area contributed by atoms with Gasteiger partial charge < -0.3 is 19.1 Å². The van der Waals surface area contributed by atoms with Crippen LogP contribution in [0.3, 0.4) is 0 Å². The second-order valence-corrected chi connectivity index (χ2v) is 10.4. The van der Waals surface area contributed by atoms with Gasteiger partial charge in [0.15, 0.2) is 5.69 Å². The molecule has 0 radical (unpaired) electrons. The van der Waals surface area contributed by atoms with E-state index in [4.69, 9.17) is 14.2 Å². The van der Waals surface area contributed by atoms with Gasteiger partial charge in [0.1, 0.15) is 23.8 Å². The number of methoxy groups -OCH3 is 1. The number of halogens is 1. The minimum atomic E-state index is -0.635. The third kappa shape index (κ3) is 5.87. The molecular formula is C28H29BrN2O5. The van der Waals surface area contributed by atoms with Crippen LogP contribution in [0.5, 0.6) is 5.75 Å². The predicted molar refractivity (Wildman–Crippen MR) is 140 cm³/mol. The summed E-state index contributed by atoms with van der Waals surface area (Å²) >= 11 is 3.41. The lowest BCUT2D eigenvalue weighted by Gasteiger charge is -2.32. The maximum Gasteiger partial charge on any atom is 0.358 e. The normalized spacial score (nSPS) is 13.1. The molecule has 1 aliphatic rings. The van der Waals surface area contributed by atoms with Crippen LogP contribution < -0.4 is 9.64 Å². The zero-order chi connectivity index (χ0) is 25.9. The maximum atomic E-state index is 12.7. The zero-order valence-corrected chi connectivity index (χ0v) is 22.4. The van der Waals surface area contributed by atoms with Crippen LogP contribution in [0.4, 0.5) is 5.82 Å². The van der Waals surface area contributed by atoms with E-state index in [1.807, 2.05) is 68.1 Å². The van der Waals surface area contributed by atoms with Crippen molar-refractivity contribution in [2.24, 2.45) is 0 Å². The summed E-state index contributed by atoms with van der Waals surface area (Å²) in [5.41, 5.74) is 2.95. The highest BCUT2D eigenvalue weighted by Gasteiger charge is 2.28. The van der Waals surface area contributed by atoms with Crippen LogP contribution in [0, 0.1) is 0 Å². The Kier molecular flexibility index (Phi) is 7.64. The molecule has 1 aromatic heterocycles. The molecule has 0 aliphatic carbocycles. The largest absolute Gasteiger partial charge is 0.489 e. The molecule has 0 N–H and O–H groups in total. The van der Waals surface area contributed by atoms with Gasteiger partial charge in [-0.2, -0.15) is 0 Å². The number of esters is 2. The number of fused-ring (bicyclic) bond motifs is 1. The first-order valence-corrected chi connectivity index (χ1v) is 12.5. The lowest BCUT2D eigenvalue weighted by atomic mass is 9.93. The van der Waals surface area contributed by atoms with Gasteiger partial charge in [0, 0.05) is 18.7 Å². The molecule has 0 spiro atoms. The third-order valence-electron chi connectivity index (χ3n) is 5.76. The third-order valence-corrected chi connectivity index (χ3v) is 6.40. The zero-order valence-electron chi connectivity index (χ0n) is 20.8. The number of rotatable bonds is 6. The highest BCUT2D eigenvalue weighted by atomic mass is 79.9. The molecule has 0 atom stereocenters. The summed E-state index contributed by atoms with van der Waals surface area (Å²) in [7, 11) is 1.37. The molecule has 0 fully saturated rings. The molecule has 0 unspecified atom stereocenters. The number of carbonyl (C=O) groups is 2. The predicted octanol–water partition coefficient (Wildman–Crippen LogP) is 5.73. The molecule has 2 heterocycles. The van der Waals surface area contributed by atoms with E-state index in [1.165, 1.54) is 7.11 Å². The Hall–Kier alpha value is -3.39. The molecule has 0 amide bonds. The number of benzene rings is 2. The Labute approximate surface area is 219 Å². The number of hydrogen-bond acceptors (Lipinski definition) is 7. The first-order chi connectivity index (χ1) is 17.2. The smallest absolute Gasteiger partial charge is 0.358 e. The van der Waals surface area contributed by atoms with E-state index < -0.39 is 17.5 Å². The van der Waals surface area contributed by atoms with Crippen molar-refractivity contribution in [2.75, 3.05) is 18.6 Å². The van der Waals surface area contributed by atoms with Crippen LogP contribution in [0.2, 0.25) is 0 Å². The minimum Gasteiger partial charge on any atom is -0.489 e. The molecule has 2 aromatic carbocycles. The number of carbonyl (C=O) groups excluding carboxylic acids is 2. The highest BCUT2D eigenvalue weighted by Crippen LogP contribution is 2.34. The monoisotopic (exact) mass is 552 g/mol. The second-order valence-electron chi connectivity index (χ2n) is 9.51. The van der Waals surface area contributed by atoms with Gasteiger partial charge in [-0.1, -0.05) is 30.3 Å². The molecule has 7 nitrogen and oxygen atoms in total. The van der Waals surface area contributed by atoms with Crippen LogP contribution in [0.1, 0.15) is 58.3 Å². The fourth-order valence-corrected chi connectivity index (χ4v) is 4.47. The van der Waals surface area contributed by atoms with Gasteiger partial charge in [-0.15, -0.1) is 0 Å². The standard InChI is InChI=1S/C28H29BrN2O5/c1-28(2,3)36-27(33)25-22(29)11-13-24(30-25)31-15-14-19-21(16-31)20(26(32)34-4)10-12-23(19)35-17-18-8-6-5-7-9-18/h5-13H,14-17H2,1-4H3. The summed E-state index contributed by atoms with van der Waals surface area (Å²) in [4.78, 5) is 31.9. The van der Waals surface area contributed by atoms with Gasteiger partial charge in [-0.25, -0.2) is 14.6 Å². The Morgan fingerprint density at radius 3 is 2.44 bits per heavy atom. The average molecular weight is 553 g/mol. The van der Waals surface area contributed by atoms with E-state index in [0.717, 1.165) is 22.4 Å². The number of ether oxygens (including phenoxy) is 3. The van der Waals surface area contributed by atoms with Crippen LogP contribution in [0.25, 0.3) is 0 Å². The Bertz CT molecular complexity index is 1270. The van der Waals surface area contributed by atoms with Crippen molar-refractivity contribution in [3.8, 4) is 5.75 Å². The van der Waals surface area contributed by atoms with Gasteiger partial charge >= 0.3 is 11.9 Å². The lowest BCUT2D eigenvalue weighted by molar-refractivity contribution is 0.00616. The number of pyridine rings is 1. The van der Waals surface area contributed by atoms with Gasteiger partial charge in [0.05, 0.1) is 17.1 Å². The number of hydrogen-bond donors (Lipinski definition) is 0. The highest BCUT2D eigenvalue weighted by molar-refractivity contribution is 9.10. The molecule has 0 saturated heterocycles. The summed E-state index contributed by atoms with van der Waals surface area (Å²) in [6, 6.07) is 17.2. The second kappa shape index (κ2) is 10.7. The number of anilines is 1. The molecular weight excluding hydrogens is 524 g/mol. The van der Waals surface area contributed by atoms with E-state index >= 15 is 0 Å². The van der Waals surface area contributed by atoms with E-state index in [-0.39, 0.29) is 5.69 Å². The average Bonchev–Trinajstić information content (AvgIpc) is 2.86. The summed E-state index contributed by atoms with van der Waals surface area (Å²) in [6.07, 6.45) is 0.643.